The molecule has 0 unspecified atom stereocenters. The highest BCUT2D eigenvalue weighted by Crippen LogP contribution is 2.55. The quantitative estimate of drug-likeness (QED) is 0.233. The van der Waals surface area contributed by atoms with E-state index in [-0.39, 0.29) is 17.5 Å². The lowest BCUT2D eigenvalue weighted by atomic mass is 9.70. The van der Waals surface area contributed by atoms with Crippen LogP contribution in [-0.4, -0.2) is 26.9 Å². The Kier molecular flexibility index (Phi) is 4.39. The SMILES string of the molecule is Cc1nn(-c2ccc([N+](=O)[O-])cc2)c2c1[C@@H]1c3c(ccc4c(C)cc(=O)oc34)OC[C@@H]1C(C)(C)O2. The van der Waals surface area contributed by atoms with E-state index in [1.807, 2.05) is 39.8 Å². The molecule has 9 nitrogen and oxygen atoms in total. The Bertz CT molecular complexity index is 1580. The summed E-state index contributed by atoms with van der Waals surface area (Å²) in [6, 6.07) is 11.6. The Hall–Kier alpha value is -4.14. The van der Waals surface area contributed by atoms with E-state index < -0.39 is 16.1 Å². The monoisotopic (exact) mass is 473 g/mol. The van der Waals surface area contributed by atoms with Crippen molar-refractivity contribution in [2.45, 2.75) is 39.2 Å². The highest BCUT2D eigenvalue weighted by atomic mass is 16.6. The predicted molar refractivity (Wildman–Crippen MR) is 128 cm³/mol. The van der Waals surface area contributed by atoms with Crippen molar-refractivity contribution in [2.75, 3.05) is 6.61 Å². The number of rotatable bonds is 2. The lowest BCUT2D eigenvalue weighted by Crippen LogP contribution is -2.49. The Morgan fingerprint density at radius 2 is 1.86 bits per heavy atom. The number of aryl methyl sites for hydroxylation is 2. The first-order valence-corrected chi connectivity index (χ1v) is 11.4. The van der Waals surface area contributed by atoms with Crippen LogP contribution in [-0.2, 0) is 0 Å². The normalized spacial score (nSPS) is 19.8. The largest absolute Gasteiger partial charge is 0.493 e. The molecule has 2 aliphatic heterocycles. The van der Waals surface area contributed by atoms with Crippen molar-refractivity contribution in [3.63, 3.8) is 0 Å². The van der Waals surface area contributed by atoms with Crippen LogP contribution in [0.1, 0.15) is 42.1 Å². The van der Waals surface area contributed by atoms with E-state index in [4.69, 9.17) is 19.0 Å². The first kappa shape index (κ1) is 21.4. The average molecular weight is 473 g/mol. The standard InChI is InChI=1S/C26H23N3O6/c1-13-11-20(30)34-24-17(13)9-10-19-23(24)22-18(12-33-19)26(3,4)35-25-21(22)14(2)27-28(25)15-5-7-16(8-6-15)29(31)32/h5-11,18,22H,12H2,1-4H3/t18-,22+/m0/s1. The van der Waals surface area contributed by atoms with E-state index in [1.165, 1.54) is 18.2 Å². The van der Waals surface area contributed by atoms with Gasteiger partial charge in [-0.15, -0.1) is 0 Å². The van der Waals surface area contributed by atoms with Crippen molar-refractivity contribution in [3.8, 4) is 17.3 Å². The van der Waals surface area contributed by atoms with Crippen molar-refractivity contribution in [2.24, 2.45) is 5.92 Å². The smallest absolute Gasteiger partial charge is 0.336 e. The molecule has 0 saturated heterocycles. The minimum atomic E-state index is -0.632. The van der Waals surface area contributed by atoms with Gasteiger partial charge in [-0.1, -0.05) is 0 Å². The molecule has 4 heterocycles. The summed E-state index contributed by atoms with van der Waals surface area (Å²) in [5.74, 6) is 1.01. The molecule has 0 aliphatic carbocycles. The number of benzene rings is 2. The number of fused-ring (bicyclic) bond motifs is 7. The van der Waals surface area contributed by atoms with E-state index >= 15 is 0 Å². The zero-order chi connectivity index (χ0) is 24.6. The lowest BCUT2D eigenvalue weighted by molar-refractivity contribution is -0.384. The van der Waals surface area contributed by atoms with Gasteiger partial charge in [0.25, 0.3) is 5.69 Å². The van der Waals surface area contributed by atoms with Gasteiger partial charge in [-0.3, -0.25) is 10.1 Å². The second-order valence-corrected chi connectivity index (χ2v) is 9.69. The van der Waals surface area contributed by atoms with E-state index in [1.54, 1.807) is 16.8 Å². The maximum absolute atomic E-state index is 12.4. The number of nitro groups is 1. The third-order valence-electron chi connectivity index (χ3n) is 7.18. The molecule has 9 heteroatoms. The fourth-order valence-electron chi connectivity index (χ4n) is 5.42. The number of ether oxygens (including phenoxy) is 2. The van der Waals surface area contributed by atoms with Crippen LogP contribution in [0.4, 0.5) is 5.69 Å². The van der Waals surface area contributed by atoms with Crippen molar-refractivity contribution in [1.82, 2.24) is 9.78 Å². The number of hydrogen-bond donors (Lipinski definition) is 0. The maximum atomic E-state index is 12.4. The molecule has 178 valence electrons. The molecular weight excluding hydrogens is 450 g/mol. The summed E-state index contributed by atoms with van der Waals surface area (Å²) < 4.78 is 20.2. The van der Waals surface area contributed by atoms with Crippen molar-refractivity contribution >= 4 is 16.7 Å². The summed E-state index contributed by atoms with van der Waals surface area (Å²) in [5, 5.41) is 16.7. The van der Waals surface area contributed by atoms with E-state index in [9.17, 15) is 14.9 Å². The van der Waals surface area contributed by atoms with Gasteiger partial charge in [0.1, 0.15) is 16.9 Å². The van der Waals surface area contributed by atoms with Crippen LogP contribution in [0.2, 0.25) is 0 Å². The molecule has 0 saturated carbocycles. The highest BCUT2D eigenvalue weighted by Gasteiger charge is 2.51. The van der Waals surface area contributed by atoms with Crippen LogP contribution in [0.25, 0.3) is 16.7 Å². The molecular formula is C26H23N3O6. The molecule has 0 N–H and O–H groups in total. The summed E-state index contributed by atoms with van der Waals surface area (Å²) >= 11 is 0. The summed E-state index contributed by atoms with van der Waals surface area (Å²) in [7, 11) is 0. The van der Waals surface area contributed by atoms with Gasteiger partial charge >= 0.3 is 5.63 Å². The minimum absolute atomic E-state index is 0.00281. The molecule has 0 spiro atoms. The molecule has 0 amide bonds. The van der Waals surface area contributed by atoms with Gasteiger partial charge in [-0.2, -0.15) is 5.10 Å². The number of hydrogen-bond acceptors (Lipinski definition) is 7. The molecule has 0 radical (unpaired) electrons. The Balaban J connectivity index is 1.62. The molecule has 0 fully saturated rings. The Labute approximate surface area is 200 Å². The minimum Gasteiger partial charge on any atom is -0.493 e. The van der Waals surface area contributed by atoms with E-state index in [2.05, 4.69) is 0 Å². The second kappa shape index (κ2) is 7.18. The molecule has 4 aromatic rings. The molecule has 2 aliphatic rings. The van der Waals surface area contributed by atoms with Crippen LogP contribution in [0.3, 0.4) is 0 Å². The van der Waals surface area contributed by atoms with Gasteiger partial charge < -0.3 is 13.9 Å². The number of nitro benzene ring substituents is 1. The summed E-state index contributed by atoms with van der Waals surface area (Å²) in [6.07, 6.45) is 0. The molecule has 6 rings (SSSR count). The lowest BCUT2D eigenvalue weighted by Gasteiger charge is -2.46. The average Bonchev–Trinajstić information content (AvgIpc) is 3.13. The topological polar surface area (TPSA) is 110 Å². The first-order chi connectivity index (χ1) is 16.7. The number of aromatic nitrogens is 2. The first-order valence-electron chi connectivity index (χ1n) is 11.4. The molecule has 2 aromatic heterocycles. The summed E-state index contributed by atoms with van der Waals surface area (Å²) in [6.45, 7) is 8.27. The van der Waals surface area contributed by atoms with Gasteiger partial charge in [-0.05, 0) is 57.5 Å². The Morgan fingerprint density at radius 3 is 2.57 bits per heavy atom. The van der Waals surface area contributed by atoms with Gasteiger partial charge in [0.05, 0.1) is 22.9 Å². The predicted octanol–water partition coefficient (Wildman–Crippen LogP) is 4.82. The van der Waals surface area contributed by atoms with Gasteiger partial charge in [0.2, 0.25) is 5.88 Å². The molecule has 2 aromatic carbocycles. The third kappa shape index (κ3) is 3.07. The molecule has 0 bridgehead atoms. The van der Waals surface area contributed by atoms with Crippen LogP contribution >= 0.6 is 0 Å². The summed E-state index contributed by atoms with van der Waals surface area (Å²) in [4.78, 5) is 23.0. The van der Waals surface area contributed by atoms with Gasteiger partial charge in [0.15, 0.2) is 0 Å². The van der Waals surface area contributed by atoms with Crippen molar-refractivity contribution in [1.29, 1.82) is 0 Å². The second-order valence-electron chi connectivity index (χ2n) is 9.69. The fourth-order valence-corrected chi connectivity index (χ4v) is 5.42. The summed E-state index contributed by atoms with van der Waals surface area (Å²) in [5.41, 5.74) is 3.47. The zero-order valence-electron chi connectivity index (χ0n) is 19.7. The molecule has 35 heavy (non-hydrogen) atoms. The molecule has 2 atom stereocenters. The zero-order valence-corrected chi connectivity index (χ0v) is 19.7. The van der Waals surface area contributed by atoms with Crippen LogP contribution in [0.15, 0.2) is 51.7 Å². The van der Waals surface area contributed by atoms with Crippen LogP contribution in [0.5, 0.6) is 11.6 Å². The van der Waals surface area contributed by atoms with Crippen molar-refractivity contribution < 1.29 is 18.8 Å². The van der Waals surface area contributed by atoms with Gasteiger partial charge in [-0.25, -0.2) is 9.48 Å². The van der Waals surface area contributed by atoms with E-state index in [0.717, 1.165) is 27.8 Å². The van der Waals surface area contributed by atoms with Crippen molar-refractivity contribution in [3.05, 3.63) is 85.4 Å². The Morgan fingerprint density at radius 1 is 1.11 bits per heavy atom. The van der Waals surface area contributed by atoms with E-state index in [0.29, 0.717) is 29.5 Å². The number of non-ortho nitro benzene ring substituents is 1. The maximum Gasteiger partial charge on any atom is 0.336 e. The fraction of sp³-hybridized carbons (Fsp3) is 0.308. The highest BCUT2D eigenvalue weighted by molar-refractivity contribution is 5.86. The van der Waals surface area contributed by atoms with Crippen LogP contribution in [0, 0.1) is 29.9 Å². The van der Waals surface area contributed by atoms with Crippen LogP contribution < -0.4 is 15.1 Å². The number of nitrogens with zero attached hydrogens (tertiary/aromatic N) is 3. The van der Waals surface area contributed by atoms with Gasteiger partial charge in [0, 0.05) is 46.5 Å². The third-order valence-corrected chi connectivity index (χ3v) is 7.18.